The number of halogens is 2. The molecule has 0 heterocycles. The predicted molar refractivity (Wildman–Crippen MR) is 79.0 cm³/mol. The van der Waals surface area contributed by atoms with Crippen LogP contribution in [0.2, 0.25) is 0 Å². The summed E-state index contributed by atoms with van der Waals surface area (Å²) in [5.74, 6) is -0.0621. The van der Waals surface area contributed by atoms with Gasteiger partial charge in [0, 0.05) is 22.8 Å². The summed E-state index contributed by atoms with van der Waals surface area (Å²) in [6.45, 7) is 2.92. The summed E-state index contributed by atoms with van der Waals surface area (Å²) < 4.78 is 19.9. The molecule has 0 aromatic heterocycles. The van der Waals surface area contributed by atoms with Gasteiger partial charge in [0.05, 0.1) is 6.61 Å². The molecule has 19 heavy (non-hydrogen) atoms. The Balaban J connectivity index is 2.04. The first kappa shape index (κ1) is 13.9. The topological polar surface area (TPSA) is 21.3 Å². The third kappa shape index (κ3) is 3.70. The SMILES string of the molecule is CCOc1ccc(NCc2ccccc2Br)cc1F. The molecule has 2 rings (SSSR count). The highest BCUT2D eigenvalue weighted by Gasteiger charge is 2.04. The lowest BCUT2D eigenvalue weighted by Crippen LogP contribution is -2.01. The number of nitrogens with one attached hydrogen (secondary N) is 1. The van der Waals surface area contributed by atoms with E-state index in [4.69, 9.17) is 4.74 Å². The van der Waals surface area contributed by atoms with E-state index < -0.39 is 0 Å². The van der Waals surface area contributed by atoms with Crippen molar-refractivity contribution in [3.05, 3.63) is 58.3 Å². The Labute approximate surface area is 120 Å². The number of ether oxygens (including phenoxy) is 1. The minimum atomic E-state index is -0.348. The number of anilines is 1. The quantitative estimate of drug-likeness (QED) is 0.868. The van der Waals surface area contributed by atoms with Gasteiger partial charge in [0.1, 0.15) is 0 Å². The highest BCUT2D eigenvalue weighted by molar-refractivity contribution is 9.10. The van der Waals surface area contributed by atoms with E-state index in [0.717, 1.165) is 15.7 Å². The smallest absolute Gasteiger partial charge is 0.167 e. The monoisotopic (exact) mass is 323 g/mol. The van der Waals surface area contributed by atoms with Crippen LogP contribution in [0.4, 0.5) is 10.1 Å². The fraction of sp³-hybridized carbons (Fsp3) is 0.200. The number of hydrogen-bond donors (Lipinski definition) is 1. The summed E-state index contributed by atoms with van der Waals surface area (Å²) in [6, 6.07) is 12.8. The van der Waals surface area contributed by atoms with Crippen molar-refractivity contribution in [1.29, 1.82) is 0 Å². The second-order valence-electron chi connectivity index (χ2n) is 4.02. The average molecular weight is 324 g/mol. The fourth-order valence-electron chi connectivity index (χ4n) is 1.72. The Morgan fingerprint density at radius 1 is 1.21 bits per heavy atom. The molecule has 0 aliphatic carbocycles. The van der Waals surface area contributed by atoms with Crippen LogP contribution in [0.3, 0.4) is 0 Å². The van der Waals surface area contributed by atoms with Crippen molar-refractivity contribution in [1.82, 2.24) is 0 Å². The van der Waals surface area contributed by atoms with Crippen molar-refractivity contribution < 1.29 is 9.13 Å². The van der Waals surface area contributed by atoms with E-state index in [0.29, 0.717) is 13.2 Å². The van der Waals surface area contributed by atoms with E-state index >= 15 is 0 Å². The van der Waals surface area contributed by atoms with E-state index in [1.54, 1.807) is 6.07 Å². The van der Waals surface area contributed by atoms with Crippen LogP contribution >= 0.6 is 15.9 Å². The third-order valence-corrected chi connectivity index (χ3v) is 3.45. The van der Waals surface area contributed by atoms with Gasteiger partial charge in [0.15, 0.2) is 11.6 Å². The van der Waals surface area contributed by atoms with E-state index in [1.807, 2.05) is 37.3 Å². The summed E-state index contributed by atoms with van der Waals surface area (Å²) in [5, 5.41) is 3.19. The molecule has 0 saturated heterocycles. The minimum absolute atomic E-state index is 0.286. The first-order valence-corrected chi connectivity index (χ1v) is 6.89. The molecule has 0 fully saturated rings. The maximum atomic E-state index is 13.7. The van der Waals surface area contributed by atoms with Gasteiger partial charge in [-0.25, -0.2) is 4.39 Å². The molecule has 0 radical (unpaired) electrons. The zero-order valence-corrected chi connectivity index (χ0v) is 12.2. The molecular formula is C15H15BrFNO. The van der Waals surface area contributed by atoms with Crippen LogP contribution in [-0.2, 0) is 6.54 Å². The van der Waals surface area contributed by atoms with Crippen molar-refractivity contribution in [2.24, 2.45) is 0 Å². The molecule has 0 bridgehead atoms. The molecule has 2 nitrogen and oxygen atoms in total. The van der Waals surface area contributed by atoms with E-state index in [1.165, 1.54) is 6.07 Å². The third-order valence-electron chi connectivity index (χ3n) is 2.67. The van der Waals surface area contributed by atoms with E-state index in [2.05, 4.69) is 21.2 Å². The van der Waals surface area contributed by atoms with Crippen LogP contribution in [0.5, 0.6) is 5.75 Å². The standard InChI is InChI=1S/C15H15BrFNO/c1-2-19-15-8-7-12(9-14(15)17)18-10-11-5-3-4-6-13(11)16/h3-9,18H,2,10H2,1H3. The first-order chi connectivity index (χ1) is 9.20. The maximum Gasteiger partial charge on any atom is 0.167 e. The molecule has 100 valence electrons. The molecule has 0 amide bonds. The van der Waals surface area contributed by atoms with Crippen LogP contribution in [0.15, 0.2) is 46.9 Å². The van der Waals surface area contributed by atoms with Crippen molar-refractivity contribution in [2.75, 3.05) is 11.9 Å². The van der Waals surface area contributed by atoms with Crippen molar-refractivity contribution in [3.63, 3.8) is 0 Å². The van der Waals surface area contributed by atoms with Gasteiger partial charge in [-0.15, -0.1) is 0 Å². The second kappa shape index (κ2) is 6.57. The summed E-state index contributed by atoms with van der Waals surface area (Å²) in [5.41, 5.74) is 1.86. The van der Waals surface area contributed by atoms with Crippen LogP contribution in [0.25, 0.3) is 0 Å². The van der Waals surface area contributed by atoms with Crippen LogP contribution < -0.4 is 10.1 Å². The van der Waals surface area contributed by atoms with E-state index in [-0.39, 0.29) is 11.6 Å². The lowest BCUT2D eigenvalue weighted by Gasteiger charge is -2.10. The molecule has 0 aliphatic heterocycles. The summed E-state index contributed by atoms with van der Waals surface area (Å²) in [6.07, 6.45) is 0. The minimum Gasteiger partial charge on any atom is -0.491 e. The summed E-state index contributed by atoms with van der Waals surface area (Å²) in [7, 11) is 0. The Bertz CT molecular complexity index is 560. The highest BCUT2D eigenvalue weighted by atomic mass is 79.9. The van der Waals surface area contributed by atoms with Gasteiger partial charge in [-0.3, -0.25) is 0 Å². The largest absolute Gasteiger partial charge is 0.491 e. The van der Waals surface area contributed by atoms with Gasteiger partial charge in [-0.1, -0.05) is 34.1 Å². The second-order valence-corrected chi connectivity index (χ2v) is 4.88. The fourth-order valence-corrected chi connectivity index (χ4v) is 2.15. The summed E-state index contributed by atoms with van der Waals surface area (Å²) >= 11 is 3.48. The van der Waals surface area contributed by atoms with Crippen molar-refractivity contribution in [2.45, 2.75) is 13.5 Å². The van der Waals surface area contributed by atoms with Crippen molar-refractivity contribution in [3.8, 4) is 5.75 Å². The molecule has 1 N–H and O–H groups in total. The first-order valence-electron chi connectivity index (χ1n) is 6.10. The zero-order valence-electron chi connectivity index (χ0n) is 10.6. The lowest BCUT2D eigenvalue weighted by atomic mass is 10.2. The Hall–Kier alpha value is -1.55. The number of rotatable bonds is 5. The van der Waals surface area contributed by atoms with Gasteiger partial charge in [-0.05, 0) is 30.7 Å². The molecule has 0 saturated carbocycles. The van der Waals surface area contributed by atoms with Crippen LogP contribution in [0, 0.1) is 5.82 Å². The molecular weight excluding hydrogens is 309 g/mol. The van der Waals surface area contributed by atoms with Gasteiger partial charge in [-0.2, -0.15) is 0 Å². The Morgan fingerprint density at radius 3 is 2.68 bits per heavy atom. The molecule has 0 atom stereocenters. The molecule has 2 aromatic rings. The van der Waals surface area contributed by atoms with Gasteiger partial charge in [0.25, 0.3) is 0 Å². The zero-order chi connectivity index (χ0) is 13.7. The Morgan fingerprint density at radius 2 is 2.00 bits per heavy atom. The maximum absolute atomic E-state index is 13.7. The molecule has 0 aliphatic rings. The Kier molecular flexibility index (Phi) is 4.80. The van der Waals surface area contributed by atoms with Crippen molar-refractivity contribution >= 4 is 21.6 Å². The molecule has 0 spiro atoms. The molecule has 4 heteroatoms. The summed E-state index contributed by atoms with van der Waals surface area (Å²) in [4.78, 5) is 0. The number of hydrogen-bond acceptors (Lipinski definition) is 2. The molecule has 2 aromatic carbocycles. The van der Waals surface area contributed by atoms with Gasteiger partial charge < -0.3 is 10.1 Å². The normalized spacial score (nSPS) is 10.3. The van der Waals surface area contributed by atoms with E-state index in [9.17, 15) is 4.39 Å². The van der Waals surface area contributed by atoms with Crippen LogP contribution in [-0.4, -0.2) is 6.61 Å². The van der Waals surface area contributed by atoms with Gasteiger partial charge in [0.2, 0.25) is 0 Å². The lowest BCUT2D eigenvalue weighted by molar-refractivity contribution is 0.321. The highest BCUT2D eigenvalue weighted by Crippen LogP contribution is 2.22. The number of benzene rings is 2. The van der Waals surface area contributed by atoms with Gasteiger partial charge >= 0.3 is 0 Å². The van der Waals surface area contributed by atoms with Crippen LogP contribution in [0.1, 0.15) is 12.5 Å². The average Bonchev–Trinajstić information content (AvgIpc) is 2.41. The predicted octanol–water partition coefficient (Wildman–Crippen LogP) is 4.60. The molecule has 0 unspecified atom stereocenters.